The number of carbonyl (C=O) groups excluding carboxylic acids is 3. The van der Waals surface area contributed by atoms with Crippen molar-refractivity contribution in [1.29, 1.82) is 0 Å². The molecular weight excluding hydrogens is 525 g/mol. The number of fused-ring (bicyclic) bond motifs is 1. The zero-order valence-corrected chi connectivity index (χ0v) is 21.9. The van der Waals surface area contributed by atoms with Gasteiger partial charge in [0.2, 0.25) is 0 Å². The van der Waals surface area contributed by atoms with Gasteiger partial charge in [-0.25, -0.2) is 9.69 Å². The van der Waals surface area contributed by atoms with E-state index in [4.69, 9.17) is 27.9 Å². The fourth-order valence-electron chi connectivity index (χ4n) is 4.47. The Labute approximate surface area is 229 Å². The minimum atomic E-state index is -0.708. The molecule has 9 heteroatoms. The number of imide groups is 2. The van der Waals surface area contributed by atoms with Crippen molar-refractivity contribution in [3.8, 4) is 0 Å². The summed E-state index contributed by atoms with van der Waals surface area (Å²) in [5.41, 5.74) is 2.69. The fraction of sp³-hybridized carbons (Fsp3) is 0.138. The molecule has 38 heavy (non-hydrogen) atoms. The molecular formula is C29H23Cl2N3O4. The lowest BCUT2D eigenvalue weighted by Gasteiger charge is -2.33. The molecule has 0 atom stereocenters. The summed E-state index contributed by atoms with van der Waals surface area (Å²) >= 11 is 12.5. The summed E-state index contributed by atoms with van der Waals surface area (Å²) in [5.74, 6) is -1.35. The monoisotopic (exact) mass is 547 g/mol. The number of hydrogen-bond acceptors (Lipinski definition) is 4. The third-order valence-electron chi connectivity index (χ3n) is 6.34. The average molecular weight is 548 g/mol. The molecule has 0 N–H and O–H groups in total. The molecule has 0 radical (unpaired) electrons. The highest BCUT2D eigenvalue weighted by molar-refractivity contribution is 6.39. The first-order valence-electron chi connectivity index (χ1n) is 11.9. The van der Waals surface area contributed by atoms with Crippen LogP contribution in [0.15, 0.2) is 84.6 Å². The molecule has 3 aromatic carbocycles. The van der Waals surface area contributed by atoms with E-state index in [1.807, 2.05) is 41.1 Å². The Balaban J connectivity index is 1.60. The normalized spacial score (nSPS) is 15.2. The zero-order valence-electron chi connectivity index (χ0n) is 20.4. The van der Waals surface area contributed by atoms with Gasteiger partial charge >= 0.3 is 6.03 Å². The van der Waals surface area contributed by atoms with Gasteiger partial charge < -0.3 is 9.30 Å². The van der Waals surface area contributed by atoms with Crippen LogP contribution in [0.2, 0.25) is 10.0 Å². The van der Waals surface area contributed by atoms with Gasteiger partial charge in [-0.1, -0.05) is 65.7 Å². The number of rotatable bonds is 7. The largest absolute Gasteiger partial charge is 0.383 e. The van der Waals surface area contributed by atoms with Crippen molar-refractivity contribution in [2.45, 2.75) is 6.54 Å². The van der Waals surface area contributed by atoms with Gasteiger partial charge in [-0.15, -0.1) is 0 Å². The van der Waals surface area contributed by atoms with Crippen molar-refractivity contribution in [2.75, 3.05) is 25.2 Å². The Kier molecular flexibility index (Phi) is 7.33. The van der Waals surface area contributed by atoms with Crippen LogP contribution >= 0.6 is 23.2 Å². The molecule has 192 valence electrons. The van der Waals surface area contributed by atoms with Crippen LogP contribution in [0.1, 0.15) is 11.1 Å². The van der Waals surface area contributed by atoms with E-state index in [9.17, 15) is 14.4 Å². The molecule has 0 unspecified atom stereocenters. The molecule has 1 aromatic heterocycles. The van der Waals surface area contributed by atoms with E-state index in [-0.39, 0.29) is 18.7 Å². The van der Waals surface area contributed by atoms with E-state index in [2.05, 4.69) is 0 Å². The number of halogens is 2. The molecule has 4 amide bonds. The van der Waals surface area contributed by atoms with Crippen LogP contribution in [-0.2, 0) is 20.9 Å². The van der Waals surface area contributed by atoms with Crippen LogP contribution in [0.4, 0.5) is 10.5 Å². The van der Waals surface area contributed by atoms with E-state index in [0.717, 1.165) is 26.3 Å². The summed E-state index contributed by atoms with van der Waals surface area (Å²) in [7, 11) is 1.48. The van der Waals surface area contributed by atoms with E-state index in [0.29, 0.717) is 27.8 Å². The maximum atomic E-state index is 13.6. The summed E-state index contributed by atoms with van der Waals surface area (Å²) in [6, 6.07) is 20.8. The van der Waals surface area contributed by atoms with Gasteiger partial charge in [0.25, 0.3) is 11.8 Å². The van der Waals surface area contributed by atoms with Gasteiger partial charge in [0.05, 0.1) is 18.8 Å². The van der Waals surface area contributed by atoms with Gasteiger partial charge in [-0.3, -0.25) is 14.5 Å². The van der Waals surface area contributed by atoms with Crippen molar-refractivity contribution < 1.29 is 19.1 Å². The highest BCUT2D eigenvalue weighted by Crippen LogP contribution is 2.30. The Morgan fingerprint density at radius 3 is 2.37 bits per heavy atom. The molecule has 2 heterocycles. The van der Waals surface area contributed by atoms with Gasteiger partial charge in [-0.2, -0.15) is 0 Å². The highest BCUT2D eigenvalue weighted by atomic mass is 35.5. The van der Waals surface area contributed by atoms with Gasteiger partial charge in [0.1, 0.15) is 5.57 Å². The lowest BCUT2D eigenvalue weighted by molar-refractivity contribution is -0.129. The summed E-state index contributed by atoms with van der Waals surface area (Å²) in [6.45, 7) is 0.609. The fourth-order valence-corrected chi connectivity index (χ4v) is 4.94. The number of urea groups is 1. The first-order chi connectivity index (χ1) is 18.4. The third kappa shape index (κ3) is 4.84. The smallest absolute Gasteiger partial charge is 0.338 e. The van der Waals surface area contributed by atoms with Crippen molar-refractivity contribution in [3.05, 3.63) is 106 Å². The number of benzene rings is 3. The number of hydrogen-bond donors (Lipinski definition) is 0. The first kappa shape index (κ1) is 25.7. The van der Waals surface area contributed by atoms with E-state index in [1.165, 1.54) is 7.11 Å². The summed E-state index contributed by atoms with van der Waals surface area (Å²) < 4.78 is 7.10. The summed E-state index contributed by atoms with van der Waals surface area (Å²) in [4.78, 5) is 42.3. The number of para-hydroxylation sites is 2. The lowest BCUT2D eigenvalue weighted by Crippen LogP contribution is -2.57. The number of carbonyl (C=O) groups is 3. The lowest BCUT2D eigenvalue weighted by atomic mass is 10.0. The second kappa shape index (κ2) is 10.8. The molecule has 4 aromatic rings. The summed E-state index contributed by atoms with van der Waals surface area (Å²) in [5, 5.41) is 1.93. The number of anilines is 1. The van der Waals surface area contributed by atoms with Crippen LogP contribution in [0.25, 0.3) is 17.0 Å². The molecule has 1 aliphatic rings. The number of aromatic nitrogens is 1. The molecule has 1 aliphatic heterocycles. The van der Waals surface area contributed by atoms with Crippen LogP contribution in [0.5, 0.6) is 0 Å². The molecule has 0 spiro atoms. The van der Waals surface area contributed by atoms with E-state index >= 15 is 0 Å². The maximum Gasteiger partial charge on any atom is 0.338 e. The molecule has 0 bridgehead atoms. The van der Waals surface area contributed by atoms with Crippen LogP contribution in [0, 0.1) is 0 Å². The number of methoxy groups -OCH3 is 1. The van der Waals surface area contributed by atoms with Crippen molar-refractivity contribution in [2.24, 2.45) is 0 Å². The number of nitrogens with zero attached hydrogens (tertiary/aromatic N) is 3. The van der Waals surface area contributed by atoms with E-state index < -0.39 is 17.8 Å². The SMILES string of the molecule is COCCN1C(=O)/C(=C/c2cn(Cc3ccc(Cl)cc3Cl)c3ccccc23)C(=O)N(c2ccccc2)C1=O. The van der Waals surface area contributed by atoms with Crippen LogP contribution in [-0.4, -0.2) is 47.6 Å². The number of ether oxygens (including phenoxy) is 1. The molecule has 7 nitrogen and oxygen atoms in total. The Hall–Kier alpha value is -3.91. The van der Waals surface area contributed by atoms with Crippen molar-refractivity contribution >= 4 is 63.7 Å². The highest BCUT2D eigenvalue weighted by Gasteiger charge is 2.42. The first-order valence-corrected chi connectivity index (χ1v) is 12.6. The Morgan fingerprint density at radius 2 is 1.63 bits per heavy atom. The second-order valence-corrected chi connectivity index (χ2v) is 9.58. The molecule has 1 fully saturated rings. The quantitative estimate of drug-likeness (QED) is 0.209. The number of barbiturate groups is 1. The molecule has 0 aliphatic carbocycles. The maximum absolute atomic E-state index is 13.6. The minimum Gasteiger partial charge on any atom is -0.383 e. The Morgan fingerprint density at radius 1 is 0.895 bits per heavy atom. The topological polar surface area (TPSA) is 71.8 Å². The van der Waals surface area contributed by atoms with Crippen LogP contribution in [0.3, 0.4) is 0 Å². The standard InChI is InChI=1S/C29H23Cl2N3O4/c1-38-14-13-33-27(35)24(28(36)34(29(33)37)22-7-3-2-4-8-22)15-20-18-32(26-10-6-5-9-23(20)26)17-19-11-12-21(30)16-25(19)31/h2-12,15-16,18H,13-14,17H2,1H3/b24-15-. The molecule has 1 saturated heterocycles. The van der Waals surface area contributed by atoms with Gasteiger partial charge in [0.15, 0.2) is 0 Å². The average Bonchev–Trinajstić information content (AvgIpc) is 3.26. The second-order valence-electron chi connectivity index (χ2n) is 8.73. The van der Waals surface area contributed by atoms with Crippen molar-refractivity contribution in [1.82, 2.24) is 9.47 Å². The van der Waals surface area contributed by atoms with Gasteiger partial charge in [-0.05, 0) is 42.0 Å². The number of amides is 4. The van der Waals surface area contributed by atoms with E-state index in [1.54, 1.807) is 48.5 Å². The van der Waals surface area contributed by atoms with Crippen molar-refractivity contribution in [3.63, 3.8) is 0 Å². The van der Waals surface area contributed by atoms with Gasteiger partial charge in [0, 0.05) is 46.4 Å². The predicted molar refractivity (Wildman–Crippen MR) is 148 cm³/mol. The predicted octanol–water partition coefficient (Wildman–Crippen LogP) is 6.02. The van der Waals surface area contributed by atoms with Crippen LogP contribution < -0.4 is 4.90 Å². The molecule has 5 rings (SSSR count). The minimum absolute atomic E-state index is 0.0128. The molecule has 0 saturated carbocycles. The summed E-state index contributed by atoms with van der Waals surface area (Å²) in [6.07, 6.45) is 3.42. The Bertz CT molecular complexity index is 1580. The zero-order chi connectivity index (χ0) is 26.8. The third-order valence-corrected chi connectivity index (χ3v) is 6.93.